The van der Waals surface area contributed by atoms with Crippen LogP contribution in [0.1, 0.15) is 0 Å². The average Bonchev–Trinajstić information content (AvgIpc) is 2.36. The molecule has 4 nitrogen and oxygen atoms in total. The van der Waals surface area contributed by atoms with Crippen LogP contribution in [-0.2, 0) is 10.0 Å². The van der Waals surface area contributed by atoms with Crippen molar-refractivity contribution < 1.29 is 17.2 Å². The lowest BCUT2D eigenvalue weighted by atomic mass is 10.3. The van der Waals surface area contributed by atoms with Gasteiger partial charge in [-0.15, -0.1) is 0 Å². The summed E-state index contributed by atoms with van der Waals surface area (Å²) in [7, 11) is -4.05. The van der Waals surface area contributed by atoms with Crippen LogP contribution in [0, 0.1) is 11.6 Å². The Bertz CT molecular complexity index is 766. The van der Waals surface area contributed by atoms with Gasteiger partial charge in [-0.1, -0.05) is 12.1 Å². The molecule has 0 aliphatic rings. The summed E-state index contributed by atoms with van der Waals surface area (Å²) in [4.78, 5) is -0.181. The molecule has 0 aromatic heterocycles. The average molecular weight is 363 g/mol. The molecule has 0 aliphatic heterocycles. The van der Waals surface area contributed by atoms with Crippen LogP contribution < -0.4 is 10.5 Å². The summed E-state index contributed by atoms with van der Waals surface area (Å²) in [6, 6.07) is 7.34. The fourth-order valence-electron chi connectivity index (χ4n) is 1.53. The van der Waals surface area contributed by atoms with E-state index in [0.717, 1.165) is 6.07 Å². The molecule has 0 aliphatic carbocycles. The molecule has 2 aromatic carbocycles. The van der Waals surface area contributed by atoms with Gasteiger partial charge in [0.15, 0.2) is 0 Å². The molecule has 0 amide bonds. The lowest BCUT2D eigenvalue weighted by molar-refractivity contribution is 0.579. The number of nitrogens with two attached hydrogens (primary N) is 1. The van der Waals surface area contributed by atoms with E-state index in [1.54, 1.807) is 6.07 Å². The highest BCUT2D eigenvalue weighted by atomic mass is 79.9. The Labute approximate surface area is 122 Å². The number of para-hydroxylation sites is 1. The predicted octanol–water partition coefficient (Wildman–Crippen LogP) is 3.11. The molecule has 106 valence electrons. The van der Waals surface area contributed by atoms with Crippen molar-refractivity contribution >= 4 is 37.3 Å². The fourth-order valence-corrected chi connectivity index (χ4v) is 3.06. The number of sulfonamides is 1. The number of benzene rings is 2. The third-order valence-corrected chi connectivity index (χ3v) is 4.51. The maximum absolute atomic E-state index is 13.6. The van der Waals surface area contributed by atoms with Crippen LogP contribution in [0.2, 0.25) is 0 Å². The van der Waals surface area contributed by atoms with Gasteiger partial charge in [-0.05, 0) is 34.1 Å². The molecule has 3 N–H and O–H groups in total. The topological polar surface area (TPSA) is 72.2 Å². The molecule has 20 heavy (non-hydrogen) atoms. The van der Waals surface area contributed by atoms with Crippen molar-refractivity contribution in [2.75, 3.05) is 10.5 Å². The molecule has 2 rings (SSSR count). The van der Waals surface area contributed by atoms with Crippen molar-refractivity contribution in [3.05, 3.63) is 52.5 Å². The zero-order chi connectivity index (χ0) is 14.9. The first-order valence-electron chi connectivity index (χ1n) is 5.33. The monoisotopic (exact) mass is 362 g/mol. The highest BCUT2D eigenvalue weighted by molar-refractivity contribution is 9.10. The van der Waals surface area contributed by atoms with Gasteiger partial charge in [0.2, 0.25) is 0 Å². The van der Waals surface area contributed by atoms with Crippen LogP contribution in [0.5, 0.6) is 0 Å². The van der Waals surface area contributed by atoms with E-state index in [1.807, 2.05) is 4.72 Å². The summed E-state index contributed by atoms with van der Waals surface area (Å²) in [6.45, 7) is 0. The minimum Gasteiger partial charge on any atom is -0.398 e. The zero-order valence-electron chi connectivity index (χ0n) is 9.90. The number of nitrogens with one attached hydrogen (secondary N) is 1. The Hall–Kier alpha value is -1.67. The van der Waals surface area contributed by atoms with Gasteiger partial charge in [-0.25, -0.2) is 17.2 Å². The van der Waals surface area contributed by atoms with Gasteiger partial charge in [0.05, 0.1) is 15.8 Å². The Morgan fingerprint density at radius 2 is 1.75 bits per heavy atom. The van der Waals surface area contributed by atoms with Crippen molar-refractivity contribution in [1.82, 2.24) is 0 Å². The minimum absolute atomic E-state index is 0.0292. The van der Waals surface area contributed by atoms with Crippen LogP contribution in [0.3, 0.4) is 0 Å². The van der Waals surface area contributed by atoms with E-state index in [-0.39, 0.29) is 20.7 Å². The van der Waals surface area contributed by atoms with Crippen molar-refractivity contribution in [3.8, 4) is 0 Å². The lowest BCUT2D eigenvalue weighted by Crippen LogP contribution is -2.15. The Balaban J connectivity index is 2.44. The Kier molecular flexibility index (Phi) is 3.96. The van der Waals surface area contributed by atoms with Crippen molar-refractivity contribution in [2.45, 2.75) is 4.90 Å². The van der Waals surface area contributed by atoms with Crippen LogP contribution in [-0.4, -0.2) is 8.42 Å². The summed E-state index contributed by atoms with van der Waals surface area (Å²) < 4.78 is 52.8. The van der Waals surface area contributed by atoms with Gasteiger partial charge in [-0.2, -0.15) is 0 Å². The summed E-state index contributed by atoms with van der Waals surface area (Å²) in [6.07, 6.45) is 0. The fraction of sp³-hybridized carbons (Fsp3) is 0. The van der Waals surface area contributed by atoms with Crippen molar-refractivity contribution in [1.29, 1.82) is 0 Å². The molecular formula is C12H9BrF2N2O2S. The molecule has 0 fully saturated rings. The number of hydrogen-bond acceptors (Lipinski definition) is 3. The first-order chi connectivity index (χ1) is 9.31. The van der Waals surface area contributed by atoms with E-state index in [1.165, 1.54) is 18.2 Å². The lowest BCUT2D eigenvalue weighted by Gasteiger charge is -2.11. The van der Waals surface area contributed by atoms with E-state index in [4.69, 9.17) is 5.73 Å². The van der Waals surface area contributed by atoms with Gasteiger partial charge in [0.1, 0.15) is 16.5 Å². The van der Waals surface area contributed by atoms with Gasteiger partial charge >= 0.3 is 0 Å². The van der Waals surface area contributed by atoms with Gasteiger partial charge in [0.25, 0.3) is 10.0 Å². The highest BCUT2D eigenvalue weighted by Gasteiger charge is 2.19. The molecule has 0 spiro atoms. The molecule has 0 unspecified atom stereocenters. The first-order valence-corrected chi connectivity index (χ1v) is 7.61. The Morgan fingerprint density at radius 3 is 2.40 bits per heavy atom. The van der Waals surface area contributed by atoms with E-state index < -0.39 is 21.7 Å². The van der Waals surface area contributed by atoms with Crippen LogP contribution in [0.15, 0.2) is 45.8 Å². The normalized spacial score (nSPS) is 11.3. The summed E-state index contributed by atoms with van der Waals surface area (Å²) in [5.41, 5.74) is 5.23. The first kappa shape index (κ1) is 14.7. The molecule has 0 bridgehead atoms. The second kappa shape index (κ2) is 5.37. The van der Waals surface area contributed by atoms with Crippen molar-refractivity contribution in [3.63, 3.8) is 0 Å². The van der Waals surface area contributed by atoms with E-state index in [2.05, 4.69) is 15.9 Å². The smallest absolute Gasteiger partial charge is 0.264 e. The molecule has 2 aromatic rings. The standard InChI is InChI=1S/C12H9BrF2N2O2S/c13-7-5-11(9(15)6-8(7)14)17-20(18,19)12-4-2-1-3-10(12)16/h1-6,17H,16H2. The number of hydrogen-bond donors (Lipinski definition) is 2. The van der Waals surface area contributed by atoms with E-state index >= 15 is 0 Å². The van der Waals surface area contributed by atoms with E-state index in [9.17, 15) is 17.2 Å². The predicted molar refractivity (Wildman–Crippen MR) is 75.7 cm³/mol. The Morgan fingerprint density at radius 1 is 1.10 bits per heavy atom. The quantitative estimate of drug-likeness (QED) is 0.650. The van der Waals surface area contributed by atoms with Crippen LogP contribution in [0.4, 0.5) is 20.2 Å². The van der Waals surface area contributed by atoms with Gasteiger partial charge in [0, 0.05) is 6.07 Å². The summed E-state index contributed by atoms with van der Waals surface area (Å²) >= 11 is 2.86. The minimum atomic E-state index is -4.05. The molecule has 0 heterocycles. The molecule has 8 heteroatoms. The third kappa shape index (κ3) is 2.91. The van der Waals surface area contributed by atoms with Crippen molar-refractivity contribution in [2.24, 2.45) is 0 Å². The third-order valence-electron chi connectivity index (χ3n) is 2.46. The largest absolute Gasteiger partial charge is 0.398 e. The number of halogens is 3. The maximum atomic E-state index is 13.6. The molecule has 0 radical (unpaired) electrons. The number of anilines is 2. The number of rotatable bonds is 3. The molecule has 0 saturated carbocycles. The molecular weight excluding hydrogens is 354 g/mol. The SMILES string of the molecule is Nc1ccccc1S(=O)(=O)Nc1cc(Br)c(F)cc1F. The number of nitrogen functional groups attached to an aromatic ring is 1. The zero-order valence-corrected chi connectivity index (χ0v) is 12.3. The van der Waals surface area contributed by atoms with E-state index in [0.29, 0.717) is 6.07 Å². The highest BCUT2D eigenvalue weighted by Crippen LogP contribution is 2.27. The van der Waals surface area contributed by atoms with Gasteiger partial charge < -0.3 is 5.73 Å². The second-order valence-electron chi connectivity index (χ2n) is 3.89. The molecule has 0 saturated heterocycles. The van der Waals surface area contributed by atoms with Crippen LogP contribution in [0.25, 0.3) is 0 Å². The molecule has 0 atom stereocenters. The summed E-state index contributed by atoms with van der Waals surface area (Å²) in [5, 5.41) is 0. The second-order valence-corrected chi connectivity index (χ2v) is 6.39. The summed E-state index contributed by atoms with van der Waals surface area (Å²) in [5.74, 6) is -1.85. The van der Waals surface area contributed by atoms with Gasteiger partial charge in [-0.3, -0.25) is 4.72 Å². The van der Waals surface area contributed by atoms with Crippen LogP contribution >= 0.6 is 15.9 Å². The maximum Gasteiger partial charge on any atom is 0.264 e.